The Morgan fingerprint density at radius 2 is 2.08 bits per heavy atom. The average Bonchev–Trinajstić information content (AvgIpc) is 3.21. The standard InChI is InChI=1S/C29H33N5O3/c1-4-7-8-9-14-24-21-31-27(25(12-5-2)26(35)6-3)32-28(24)33-16-18-34(19-17-33)29(36)37-22-23-13-10-11-15-30-20-23/h5-9,11-15,20-21,35H,2,4,16-19,22H2,1,3H3/b8-7-,14-9-,25-12+,26-6+. The first-order valence-corrected chi connectivity index (χ1v) is 12.3. The van der Waals surface area contributed by atoms with Crippen LogP contribution in [0.3, 0.4) is 0 Å². The lowest BCUT2D eigenvalue weighted by atomic mass is 10.1. The Morgan fingerprint density at radius 3 is 2.81 bits per heavy atom. The van der Waals surface area contributed by atoms with E-state index in [2.05, 4.69) is 40.2 Å². The quantitative estimate of drug-likeness (QED) is 0.277. The van der Waals surface area contributed by atoms with E-state index in [4.69, 9.17) is 9.72 Å². The molecule has 1 fully saturated rings. The van der Waals surface area contributed by atoms with Gasteiger partial charge in [0.05, 0.1) is 5.57 Å². The fourth-order valence-electron chi connectivity index (χ4n) is 3.64. The topological polar surface area (TPSA) is 91.2 Å². The number of piperazine rings is 1. The van der Waals surface area contributed by atoms with Gasteiger partial charge in [-0.1, -0.05) is 37.8 Å². The van der Waals surface area contributed by atoms with E-state index in [1.165, 1.54) is 0 Å². The van der Waals surface area contributed by atoms with Crippen molar-refractivity contribution in [2.45, 2.75) is 20.3 Å². The van der Waals surface area contributed by atoms with Crippen molar-refractivity contribution in [3.05, 3.63) is 96.0 Å². The number of aliphatic hydroxyl groups is 1. The zero-order valence-electron chi connectivity index (χ0n) is 21.4. The molecule has 2 aliphatic rings. The molecule has 0 unspecified atom stereocenters. The van der Waals surface area contributed by atoms with Gasteiger partial charge in [0.25, 0.3) is 0 Å². The molecule has 1 saturated heterocycles. The molecule has 0 atom stereocenters. The second-order valence-electron chi connectivity index (χ2n) is 8.17. The molecule has 3 rings (SSSR count). The predicted molar refractivity (Wildman–Crippen MR) is 149 cm³/mol. The van der Waals surface area contributed by atoms with Crippen LogP contribution in [0.4, 0.5) is 10.6 Å². The molecule has 192 valence electrons. The molecular weight excluding hydrogens is 466 g/mol. The number of nitrogens with zero attached hydrogens (tertiary/aromatic N) is 5. The summed E-state index contributed by atoms with van der Waals surface area (Å²) in [6.45, 7) is 9.82. The maximum atomic E-state index is 12.6. The lowest BCUT2D eigenvalue weighted by Crippen LogP contribution is -2.49. The summed E-state index contributed by atoms with van der Waals surface area (Å²) in [5.74, 6) is 1.21. The Morgan fingerprint density at radius 1 is 1.27 bits per heavy atom. The van der Waals surface area contributed by atoms with Crippen molar-refractivity contribution in [2.75, 3.05) is 37.7 Å². The Balaban J connectivity index is 1.76. The molecular formula is C29H33N5O3. The number of allylic oxidation sites excluding steroid dienone is 7. The molecule has 1 amide bonds. The Kier molecular flexibility index (Phi) is 10.4. The van der Waals surface area contributed by atoms with Gasteiger partial charge in [-0.2, -0.15) is 0 Å². The van der Waals surface area contributed by atoms with Crippen LogP contribution < -0.4 is 4.90 Å². The van der Waals surface area contributed by atoms with E-state index in [0.29, 0.717) is 37.6 Å². The van der Waals surface area contributed by atoms with Crippen molar-refractivity contribution >= 4 is 29.8 Å². The first-order chi connectivity index (χ1) is 18.1. The van der Waals surface area contributed by atoms with Crippen molar-refractivity contribution < 1.29 is 14.6 Å². The predicted octanol–water partition coefficient (Wildman–Crippen LogP) is 5.43. The van der Waals surface area contributed by atoms with Gasteiger partial charge >= 0.3 is 6.09 Å². The highest BCUT2D eigenvalue weighted by Gasteiger charge is 2.25. The van der Waals surface area contributed by atoms with Crippen LogP contribution in [0, 0.1) is 0 Å². The summed E-state index contributed by atoms with van der Waals surface area (Å²) in [7, 11) is 0. The highest BCUT2D eigenvalue weighted by Crippen LogP contribution is 2.25. The van der Waals surface area contributed by atoms with Crippen LogP contribution in [0.15, 0.2) is 89.6 Å². The van der Waals surface area contributed by atoms with Gasteiger partial charge in [-0.05, 0) is 43.7 Å². The molecule has 1 N–H and O–H groups in total. The highest BCUT2D eigenvalue weighted by atomic mass is 16.6. The Hall–Kier alpha value is -4.42. The van der Waals surface area contributed by atoms with Crippen molar-refractivity contribution in [1.29, 1.82) is 0 Å². The number of hydrogen-bond donors (Lipinski definition) is 1. The fourth-order valence-corrected chi connectivity index (χ4v) is 3.64. The van der Waals surface area contributed by atoms with Crippen LogP contribution in [-0.4, -0.2) is 65.1 Å². The minimum atomic E-state index is -0.367. The van der Waals surface area contributed by atoms with Gasteiger partial charge in [-0.25, -0.2) is 14.8 Å². The van der Waals surface area contributed by atoms with Gasteiger partial charge in [0, 0.05) is 55.9 Å². The van der Waals surface area contributed by atoms with Gasteiger partial charge in [-0.3, -0.25) is 4.99 Å². The van der Waals surface area contributed by atoms with E-state index in [-0.39, 0.29) is 18.5 Å². The zero-order valence-corrected chi connectivity index (χ0v) is 21.4. The summed E-state index contributed by atoms with van der Waals surface area (Å²) in [6.07, 6.45) is 21.9. The summed E-state index contributed by atoms with van der Waals surface area (Å²) in [4.78, 5) is 29.8. The number of carbonyl (C=O) groups is 1. The van der Waals surface area contributed by atoms with Crippen LogP contribution in [0.1, 0.15) is 31.7 Å². The van der Waals surface area contributed by atoms with Gasteiger partial charge < -0.3 is 19.6 Å². The molecule has 0 aliphatic carbocycles. The number of carbonyl (C=O) groups excluding carboxylic acids is 1. The molecule has 2 aliphatic heterocycles. The van der Waals surface area contributed by atoms with Gasteiger partial charge in [0.2, 0.25) is 0 Å². The summed E-state index contributed by atoms with van der Waals surface area (Å²) in [6, 6.07) is 0. The Bertz CT molecular complexity index is 1220. The van der Waals surface area contributed by atoms with E-state index in [1.54, 1.807) is 60.8 Å². The third-order valence-electron chi connectivity index (χ3n) is 5.60. The van der Waals surface area contributed by atoms with Crippen LogP contribution in [-0.2, 0) is 4.74 Å². The van der Waals surface area contributed by atoms with E-state index in [1.807, 2.05) is 18.2 Å². The van der Waals surface area contributed by atoms with Crippen molar-refractivity contribution in [2.24, 2.45) is 4.99 Å². The normalized spacial score (nSPS) is 16.4. The first-order valence-electron chi connectivity index (χ1n) is 12.3. The number of aliphatic hydroxyl groups excluding tert-OH is 1. The third-order valence-corrected chi connectivity index (χ3v) is 5.60. The molecule has 0 saturated carbocycles. The van der Waals surface area contributed by atoms with Gasteiger partial charge in [-0.15, -0.1) is 5.73 Å². The van der Waals surface area contributed by atoms with Crippen LogP contribution in [0.5, 0.6) is 0 Å². The molecule has 3 heterocycles. The molecule has 0 radical (unpaired) electrons. The fraction of sp³-hybridized carbons (Fsp3) is 0.276. The van der Waals surface area contributed by atoms with Gasteiger partial charge in [0.15, 0.2) is 5.82 Å². The van der Waals surface area contributed by atoms with Crippen molar-refractivity contribution in [1.82, 2.24) is 14.9 Å². The molecule has 0 aromatic carbocycles. The average molecular weight is 500 g/mol. The molecule has 8 heteroatoms. The largest absolute Gasteiger partial charge is 0.508 e. The summed E-state index contributed by atoms with van der Waals surface area (Å²) >= 11 is 0. The maximum Gasteiger partial charge on any atom is 0.410 e. The summed E-state index contributed by atoms with van der Waals surface area (Å²) < 4.78 is 5.48. The van der Waals surface area contributed by atoms with Gasteiger partial charge in [0.1, 0.15) is 18.2 Å². The second kappa shape index (κ2) is 14.2. The molecule has 0 bridgehead atoms. The SMILES string of the molecule is C=C/C=C(\C(O)=C/C)c1ncc(/C=C\C=C/CC)c(N2CCN(C(=O)OCC3=CN=CC=C=C3)CC2)n1. The monoisotopic (exact) mass is 499 g/mol. The lowest BCUT2D eigenvalue weighted by molar-refractivity contribution is 0.108. The number of aromatic nitrogens is 2. The van der Waals surface area contributed by atoms with Crippen LogP contribution in [0.2, 0.25) is 0 Å². The minimum Gasteiger partial charge on any atom is -0.508 e. The second-order valence-corrected chi connectivity index (χ2v) is 8.17. The lowest BCUT2D eigenvalue weighted by Gasteiger charge is -2.35. The number of amides is 1. The van der Waals surface area contributed by atoms with Crippen LogP contribution >= 0.6 is 0 Å². The number of hydrogen-bond acceptors (Lipinski definition) is 7. The van der Waals surface area contributed by atoms with E-state index in [0.717, 1.165) is 23.4 Å². The summed E-state index contributed by atoms with van der Waals surface area (Å²) in [5, 5.41) is 10.4. The molecule has 37 heavy (non-hydrogen) atoms. The van der Waals surface area contributed by atoms with Crippen molar-refractivity contribution in [3.63, 3.8) is 0 Å². The highest BCUT2D eigenvalue weighted by molar-refractivity contribution is 5.76. The third kappa shape index (κ3) is 7.78. The minimum absolute atomic E-state index is 0.0763. The van der Waals surface area contributed by atoms with Crippen molar-refractivity contribution in [3.8, 4) is 0 Å². The zero-order chi connectivity index (χ0) is 26.5. The van der Waals surface area contributed by atoms with Crippen LogP contribution in [0.25, 0.3) is 11.6 Å². The van der Waals surface area contributed by atoms with E-state index >= 15 is 0 Å². The molecule has 1 aromatic rings. The number of ether oxygens (including phenoxy) is 1. The molecule has 8 nitrogen and oxygen atoms in total. The molecule has 1 aromatic heterocycles. The number of aliphatic imine (C=N–C) groups is 1. The summed E-state index contributed by atoms with van der Waals surface area (Å²) in [5.41, 5.74) is 5.06. The number of anilines is 1. The maximum absolute atomic E-state index is 12.6. The Labute approximate surface area is 218 Å². The molecule has 0 spiro atoms. The number of rotatable bonds is 9. The van der Waals surface area contributed by atoms with E-state index < -0.39 is 0 Å². The van der Waals surface area contributed by atoms with E-state index in [9.17, 15) is 9.90 Å². The smallest absolute Gasteiger partial charge is 0.410 e. The first kappa shape index (κ1) is 27.2.